The second-order valence-corrected chi connectivity index (χ2v) is 6.79. The molecule has 80 valence electrons. The van der Waals surface area contributed by atoms with Gasteiger partial charge in [0.15, 0.2) is 9.84 Å². The van der Waals surface area contributed by atoms with Crippen LogP contribution in [0.25, 0.3) is 0 Å². The number of hydrogen-bond acceptors (Lipinski definition) is 5. The molecule has 0 unspecified atom stereocenters. The van der Waals surface area contributed by atoms with Crippen molar-refractivity contribution in [1.82, 2.24) is 0 Å². The normalized spacial score (nSPS) is 20.4. The molecule has 0 aromatic heterocycles. The molecule has 2 N–H and O–H groups in total. The van der Waals surface area contributed by atoms with E-state index in [0.29, 0.717) is 0 Å². The van der Waals surface area contributed by atoms with E-state index in [2.05, 4.69) is 4.40 Å². The third-order valence-corrected chi connectivity index (χ3v) is 4.86. The van der Waals surface area contributed by atoms with Gasteiger partial charge in [0.1, 0.15) is 5.84 Å². The molecule has 6 nitrogen and oxygen atoms in total. The van der Waals surface area contributed by atoms with Crippen LogP contribution in [0.15, 0.2) is 15.4 Å². The molecule has 0 radical (unpaired) electrons. The minimum absolute atomic E-state index is 0.111. The lowest BCUT2D eigenvalue weighted by atomic mass is 10.5. The molecule has 1 rings (SSSR count). The zero-order chi connectivity index (χ0) is 11.0. The minimum atomic E-state index is -3.83. The second-order valence-electron chi connectivity index (χ2n) is 2.78. The van der Waals surface area contributed by atoms with Crippen LogP contribution in [0.5, 0.6) is 0 Å². The molecule has 0 fully saturated rings. The lowest BCUT2D eigenvalue weighted by molar-refractivity contribution is 0.594. The number of sulfonamides is 1. The Hall–Kier alpha value is -0.890. The summed E-state index contributed by atoms with van der Waals surface area (Å²) < 4.78 is 47.8. The summed E-state index contributed by atoms with van der Waals surface area (Å²) in [6.07, 6.45) is 1.07. The third-order valence-electron chi connectivity index (χ3n) is 1.67. The molecule has 0 aliphatic carbocycles. The molecule has 14 heavy (non-hydrogen) atoms. The predicted molar refractivity (Wildman–Crippen MR) is 53.0 cm³/mol. The van der Waals surface area contributed by atoms with Gasteiger partial charge in [-0.05, 0) is 6.08 Å². The average molecular weight is 238 g/mol. The molecule has 0 saturated carbocycles. The summed E-state index contributed by atoms with van der Waals surface area (Å²) in [5, 5.41) is 0. The quantitative estimate of drug-likeness (QED) is 0.679. The second kappa shape index (κ2) is 3.35. The summed E-state index contributed by atoms with van der Waals surface area (Å²) in [5.74, 6) is -0.818. The maximum Gasteiger partial charge on any atom is 0.281 e. The van der Waals surface area contributed by atoms with E-state index >= 15 is 0 Å². The van der Waals surface area contributed by atoms with E-state index in [9.17, 15) is 16.8 Å². The predicted octanol–water partition coefficient (Wildman–Crippen LogP) is -0.994. The summed E-state index contributed by atoms with van der Waals surface area (Å²) in [6, 6.07) is 0. The smallest absolute Gasteiger partial charge is 0.281 e. The van der Waals surface area contributed by atoms with Gasteiger partial charge < -0.3 is 5.73 Å². The molecule has 0 amide bonds. The summed E-state index contributed by atoms with van der Waals surface area (Å²) in [7, 11) is -7.21. The molecule has 1 aliphatic rings. The van der Waals surface area contributed by atoms with Crippen LogP contribution in [0, 0.1) is 0 Å². The Morgan fingerprint density at radius 3 is 2.43 bits per heavy atom. The van der Waals surface area contributed by atoms with Crippen molar-refractivity contribution >= 4 is 25.7 Å². The Kier molecular flexibility index (Phi) is 2.68. The molecular formula is C6H10N2O4S2. The summed E-state index contributed by atoms with van der Waals surface area (Å²) >= 11 is 0. The Bertz CT molecular complexity index is 498. The van der Waals surface area contributed by atoms with Gasteiger partial charge in [0.05, 0.1) is 10.7 Å². The number of rotatable bonds is 3. The highest BCUT2D eigenvalue weighted by atomic mass is 32.2. The first-order chi connectivity index (χ1) is 6.27. The van der Waals surface area contributed by atoms with Crippen molar-refractivity contribution in [1.29, 1.82) is 0 Å². The van der Waals surface area contributed by atoms with Crippen molar-refractivity contribution in [3.63, 3.8) is 0 Å². The number of amidine groups is 1. The molecule has 8 heteroatoms. The summed E-state index contributed by atoms with van der Waals surface area (Å²) in [5.41, 5.74) is 5.16. The molecule has 0 saturated heterocycles. The first kappa shape index (κ1) is 11.2. The van der Waals surface area contributed by atoms with E-state index in [1.165, 1.54) is 6.92 Å². The van der Waals surface area contributed by atoms with Crippen molar-refractivity contribution in [3.8, 4) is 0 Å². The van der Waals surface area contributed by atoms with E-state index < -0.39 is 25.6 Å². The summed E-state index contributed by atoms with van der Waals surface area (Å²) in [4.78, 5) is -0.253. The molecule has 0 spiro atoms. The SMILES string of the molecule is CCS(=O)(=O)CC1=CC(N)=NS1(=O)=O. The Balaban J connectivity index is 3.02. The maximum absolute atomic E-state index is 11.2. The lowest BCUT2D eigenvalue weighted by Gasteiger charge is -2.00. The summed E-state index contributed by atoms with van der Waals surface area (Å²) in [6.45, 7) is 1.45. The molecule has 1 heterocycles. The van der Waals surface area contributed by atoms with Gasteiger partial charge in [0, 0.05) is 5.75 Å². The van der Waals surface area contributed by atoms with Crippen LogP contribution in [-0.4, -0.2) is 34.2 Å². The van der Waals surface area contributed by atoms with Crippen molar-refractivity contribution < 1.29 is 16.8 Å². The highest BCUT2D eigenvalue weighted by Gasteiger charge is 2.27. The third kappa shape index (κ3) is 2.32. The first-order valence-corrected chi connectivity index (χ1v) is 7.04. The Morgan fingerprint density at radius 2 is 2.07 bits per heavy atom. The van der Waals surface area contributed by atoms with Gasteiger partial charge >= 0.3 is 0 Å². The van der Waals surface area contributed by atoms with E-state index in [1.807, 2.05) is 0 Å². The number of nitrogens with zero attached hydrogens (tertiary/aromatic N) is 1. The van der Waals surface area contributed by atoms with Gasteiger partial charge in [-0.1, -0.05) is 6.92 Å². The van der Waals surface area contributed by atoms with Crippen LogP contribution >= 0.6 is 0 Å². The Morgan fingerprint density at radius 1 is 1.50 bits per heavy atom. The largest absolute Gasteiger partial charge is 0.383 e. The van der Waals surface area contributed by atoms with E-state index in [1.54, 1.807) is 0 Å². The Labute approximate surface area is 82.5 Å². The van der Waals surface area contributed by atoms with E-state index in [-0.39, 0.29) is 16.5 Å². The molecule has 0 aromatic carbocycles. The average Bonchev–Trinajstić information content (AvgIpc) is 2.24. The molecule has 0 bridgehead atoms. The van der Waals surface area contributed by atoms with Crippen LogP contribution in [0.3, 0.4) is 0 Å². The molecule has 1 aliphatic heterocycles. The fourth-order valence-electron chi connectivity index (χ4n) is 0.898. The van der Waals surface area contributed by atoms with Crippen LogP contribution in [0.4, 0.5) is 0 Å². The van der Waals surface area contributed by atoms with Gasteiger partial charge in [0.2, 0.25) is 0 Å². The van der Waals surface area contributed by atoms with E-state index in [0.717, 1.165) is 6.08 Å². The molecular weight excluding hydrogens is 228 g/mol. The van der Waals surface area contributed by atoms with Gasteiger partial charge in [-0.25, -0.2) is 8.42 Å². The fourth-order valence-corrected chi connectivity index (χ4v) is 3.47. The van der Waals surface area contributed by atoms with Gasteiger partial charge in [-0.15, -0.1) is 4.40 Å². The number of hydrogen-bond donors (Lipinski definition) is 1. The van der Waals surface area contributed by atoms with Gasteiger partial charge in [0.25, 0.3) is 10.0 Å². The minimum Gasteiger partial charge on any atom is -0.383 e. The van der Waals surface area contributed by atoms with Crippen LogP contribution < -0.4 is 5.73 Å². The van der Waals surface area contributed by atoms with Crippen LogP contribution in [0.2, 0.25) is 0 Å². The first-order valence-electron chi connectivity index (χ1n) is 3.78. The fraction of sp³-hybridized carbons (Fsp3) is 0.500. The lowest BCUT2D eigenvalue weighted by Crippen LogP contribution is -2.14. The van der Waals surface area contributed by atoms with Gasteiger partial charge in [-0.3, -0.25) is 0 Å². The van der Waals surface area contributed by atoms with Crippen LogP contribution in [-0.2, 0) is 19.9 Å². The van der Waals surface area contributed by atoms with Crippen molar-refractivity contribution in [3.05, 3.63) is 11.0 Å². The van der Waals surface area contributed by atoms with Crippen molar-refractivity contribution in [2.75, 3.05) is 11.5 Å². The zero-order valence-corrected chi connectivity index (χ0v) is 9.10. The maximum atomic E-state index is 11.2. The van der Waals surface area contributed by atoms with E-state index in [4.69, 9.17) is 5.73 Å². The van der Waals surface area contributed by atoms with Gasteiger partial charge in [-0.2, -0.15) is 8.42 Å². The molecule has 0 aromatic rings. The monoisotopic (exact) mass is 238 g/mol. The topological polar surface area (TPSA) is 107 Å². The highest BCUT2D eigenvalue weighted by molar-refractivity contribution is 7.97. The van der Waals surface area contributed by atoms with Crippen molar-refractivity contribution in [2.45, 2.75) is 6.92 Å². The highest BCUT2D eigenvalue weighted by Crippen LogP contribution is 2.17. The number of nitrogens with two attached hydrogens (primary N) is 1. The van der Waals surface area contributed by atoms with Crippen molar-refractivity contribution in [2.24, 2.45) is 10.1 Å². The number of sulfone groups is 1. The van der Waals surface area contributed by atoms with Crippen LogP contribution in [0.1, 0.15) is 6.92 Å². The molecule has 0 atom stereocenters. The standard InChI is InChI=1S/C6H10N2O4S2/c1-2-13(9,10)4-5-3-6(7)8-14(5,11)12/h3H,2,4H2,1H3,(H2,7,8). The zero-order valence-electron chi connectivity index (χ0n) is 7.47.